The second-order valence-corrected chi connectivity index (χ2v) is 3.41. The fourth-order valence-corrected chi connectivity index (χ4v) is 1.06. The molecule has 0 saturated heterocycles. The van der Waals surface area contributed by atoms with Crippen molar-refractivity contribution >= 4 is 11.9 Å². The summed E-state index contributed by atoms with van der Waals surface area (Å²) in [6.45, 7) is 3.64. The van der Waals surface area contributed by atoms with Gasteiger partial charge < -0.3 is 0 Å². The molecule has 1 atom stereocenters. The van der Waals surface area contributed by atoms with E-state index in [0.29, 0.717) is 0 Å². The summed E-state index contributed by atoms with van der Waals surface area (Å²) in [6, 6.07) is 3.61. The predicted molar refractivity (Wildman–Crippen MR) is 54.6 cm³/mol. The van der Waals surface area contributed by atoms with Crippen LogP contribution in [0, 0.1) is 23.2 Å². The van der Waals surface area contributed by atoms with Crippen molar-refractivity contribution < 1.29 is 4.79 Å². The molecule has 0 aliphatic heterocycles. The average Bonchev–Trinajstić information content (AvgIpc) is 2.19. The van der Waals surface area contributed by atoms with Gasteiger partial charge in [0.2, 0.25) is 11.9 Å². The van der Waals surface area contributed by atoms with E-state index in [9.17, 15) is 4.79 Å². The Labute approximate surface area is 88.2 Å². The average molecular weight is 204 g/mol. The van der Waals surface area contributed by atoms with E-state index in [4.69, 9.17) is 5.26 Å². The number of carbonyl (C=O) groups is 1. The van der Waals surface area contributed by atoms with Crippen LogP contribution in [0.5, 0.6) is 0 Å². The molecule has 1 heterocycles. The number of nitriles is 1. The maximum atomic E-state index is 11.6. The number of nitrogens with one attached hydrogen (secondary N) is 1. The molecule has 0 aromatic carbocycles. The molecule has 0 bridgehead atoms. The molecular formula is C10H12N4O. The zero-order valence-corrected chi connectivity index (χ0v) is 8.64. The van der Waals surface area contributed by atoms with Gasteiger partial charge in [0.05, 0.1) is 6.07 Å². The van der Waals surface area contributed by atoms with Crippen molar-refractivity contribution in [2.45, 2.75) is 13.8 Å². The van der Waals surface area contributed by atoms with Crippen LogP contribution in [0.25, 0.3) is 0 Å². The van der Waals surface area contributed by atoms with E-state index in [2.05, 4.69) is 15.3 Å². The summed E-state index contributed by atoms with van der Waals surface area (Å²) in [6.07, 6.45) is 3.05. The molecule has 78 valence electrons. The molecule has 1 aromatic heterocycles. The largest absolute Gasteiger partial charge is 0.293 e. The van der Waals surface area contributed by atoms with Gasteiger partial charge in [-0.2, -0.15) is 5.26 Å². The first-order chi connectivity index (χ1) is 7.15. The number of hydrogen-bond donors (Lipinski definition) is 1. The van der Waals surface area contributed by atoms with Gasteiger partial charge in [0.1, 0.15) is 5.92 Å². The van der Waals surface area contributed by atoms with Gasteiger partial charge in [0, 0.05) is 12.4 Å². The standard InChI is InChI=1S/C10H12N4O/c1-7(2)8(6-11)9(15)14-10-12-4-3-5-13-10/h3-5,7-8H,1-2H3,(H,12,13,14,15). The molecule has 15 heavy (non-hydrogen) atoms. The van der Waals surface area contributed by atoms with Crippen molar-refractivity contribution in [2.24, 2.45) is 11.8 Å². The minimum atomic E-state index is -0.672. The van der Waals surface area contributed by atoms with E-state index < -0.39 is 5.92 Å². The summed E-state index contributed by atoms with van der Waals surface area (Å²) in [5.41, 5.74) is 0. The van der Waals surface area contributed by atoms with E-state index in [0.717, 1.165) is 0 Å². The minimum absolute atomic E-state index is 0.0290. The van der Waals surface area contributed by atoms with Crippen molar-refractivity contribution in [3.63, 3.8) is 0 Å². The lowest BCUT2D eigenvalue weighted by Crippen LogP contribution is -2.26. The van der Waals surface area contributed by atoms with Crippen LogP contribution in [-0.2, 0) is 4.79 Å². The lowest BCUT2D eigenvalue weighted by atomic mass is 9.97. The molecule has 1 unspecified atom stereocenters. The summed E-state index contributed by atoms with van der Waals surface area (Å²) >= 11 is 0. The fourth-order valence-electron chi connectivity index (χ4n) is 1.06. The van der Waals surface area contributed by atoms with Gasteiger partial charge in [-0.3, -0.25) is 10.1 Å². The quantitative estimate of drug-likeness (QED) is 0.802. The Kier molecular flexibility index (Phi) is 3.75. The highest BCUT2D eigenvalue weighted by Gasteiger charge is 2.22. The first-order valence-electron chi connectivity index (χ1n) is 4.62. The smallest absolute Gasteiger partial charge is 0.244 e. The molecule has 5 heteroatoms. The third-order valence-corrected chi connectivity index (χ3v) is 1.89. The van der Waals surface area contributed by atoms with Gasteiger partial charge in [0.25, 0.3) is 0 Å². The first-order valence-corrected chi connectivity index (χ1v) is 4.62. The molecule has 1 aromatic rings. The summed E-state index contributed by atoms with van der Waals surface area (Å²) < 4.78 is 0. The molecule has 5 nitrogen and oxygen atoms in total. The molecule has 1 N–H and O–H groups in total. The highest BCUT2D eigenvalue weighted by atomic mass is 16.2. The SMILES string of the molecule is CC(C)C(C#N)C(=O)Nc1ncccn1. The van der Waals surface area contributed by atoms with Gasteiger partial charge in [-0.25, -0.2) is 9.97 Å². The van der Waals surface area contributed by atoms with Crippen LogP contribution in [-0.4, -0.2) is 15.9 Å². The van der Waals surface area contributed by atoms with Gasteiger partial charge in [-0.15, -0.1) is 0 Å². The first kappa shape index (κ1) is 11.1. The van der Waals surface area contributed by atoms with E-state index in [1.54, 1.807) is 6.07 Å². The van der Waals surface area contributed by atoms with E-state index in [1.807, 2.05) is 19.9 Å². The molecule has 0 aliphatic carbocycles. The predicted octanol–water partition coefficient (Wildman–Crippen LogP) is 1.21. The Morgan fingerprint density at radius 2 is 2.07 bits per heavy atom. The Balaban J connectivity index is 2.68. The van der Waals surface area contributed by atoms with Crippen LogP contribution in [0.1, 0.15) is 13.8 Å². The molecular weight excluding hydrogens is 192 g/mol. The molecule has 0 fully saturated rings. The maximum absolute atomic E-state index is 11.6. The van der Waals surface area contributed by atoms with Gasteiger partial charge in [0.15, 0.2) is 0 Å². The monoisotopic (exact) mass is 204 g/mol. The Morgan fingerprint density at radius 1 is 1.47 bits per heavy atom. The van der Waals surface area contributed by atoms with Crippen molar-refractivity contribution in [2.75, 3.05) is 5.32 Å². The van der Waals surface area contributed by atoms with Gasteiger partial charge >= 0.3 is 0 Å². The highest BCUT2D eigenvalue weighted by molar-refractivity contribution is 5.92. The number of aromatic nitrogens is 2. The number of rotatable bonds is 3. The molecule has 1 rings (SSSR count). The van der Waals surface area contributed by atoms with Crippen molar-refractivity contribution in [1.82, 2.24) is 9.97 Å². The molecule has 0 aliphatic rings. The molecule has 1 amide bonds. The molecule has 0 spiro atoms. The lowest BCUT2D eigenvalue weighted by Gasteiger charge is -2.11. The Morgan fingerprint density at radius 3 is 2.53 bits per heavy atom. The Bertz CT molecular complexity index is 369. The fraction of sp³-hybridized carbons (Fsp3) is 0.400. The maximum Gasteiger partial charge on any atom is 0.244 e. The summed E-state index contributed by atoms with van der Waals surface area (Å²) in [5, 5.41) is 11.3. The van der Waals surface area contributed by atoms with Crippen LogP contribution in [0.2, 0.25) is 0 Å². The van der Waals surface area contributed by atoms with Crippen LogP contribution in [0.3, 0.4) is 0 Å². The lowest BCUT2D eigenvalue weighted by molar-refractivity contribution is -0.119. The van der Waals surface area contributed by atoms with E-state index >= 15 is 0 Å². The molecule has 0 saturated carbocycles. The number of anilines is 1. The topological polar surface area (TPSA) is 78.7 Å². The third kappa shape index (κ3) is 3.02. The third-order valence-electron chi connectivity index (χ3n) is 1.89. The zero-order valence-electron chi connectivity index (χ0n) is 8.64. The van der Waals surface area contributed by atoms with Crippen molar-refractivity contribution in [3.8, 4) is 6.07 Å². The second-order valence-electron chi connectivity index (χ2n) is 3.41. The number of hydrogen-bond acceptors (Lipinski definition) is 4. The van der Waals surface area contributed by atoms with Crippen molar-refractivity contribution in [1.29, 1.82) is 5.26 Å². The summed E-state index contributed by atoms with van der Waals surface area (Å²) in [5.74, 6) is -0.838. The van der Waals surface area contributed by atoms with Crippen LogP contribution in [0.15, 0.2) is 18.5 Å². The van der Waals surface area contributed by atoms with Gasteiger partial charge in [-0.1, -0.05) is 13.8 Å². The summed E-state index contributed by atoms with van der Waals surface area (Å²) in [4.78, 5) is 19.3. The minimum Gasteiger partial charge on any atom is -0.293 e. The zero-order chi connectivity index (χ0) is 11.3. The normalized spacial score (nSPS) is 11.9. The molecule has 0 radical (unpaired) electrons. The van der Waals surface area contributed by atoms with E-state index in [-0.39, 0.29) is 17.8 Å². The number of amides is 1. The van der Waals surface area contributed by atoms with Crippen LogP contribution < -0.4 is 5.32 Å². The van der Waals surface area contributed by atoms with Crippen LogP contribution >= 0.6 is 0 Å². The highest BCUT2D eigenvalue weighted by Crippen LogP contribution is 2.11. The number of carbonyl (C=O) groups excluding carboxylic acids is 1. The number of nitrogens with zero attached hydrogens (tertiary/aromatic N) is 3. The Hall–Kier alpha value is -1.96. The van der Waals surface area contributed by atoms with Crippen LogP contribution in [0.4, 0.5) is 5.95 Å². The summed E-state index contributed by atoms with van der Waals surface area (Å²) in [7, 11) is 0. The van der Waals surface area contributed by atoms with Crippen molar-refractivity contribution in [3.05, 3.63) is 18.5 Å². The van der Waals surface area contributed by atoms with E-state index in [1.165, 1.54) is 12.4 Å². The second kappa shape index (κ2) is 5.05. The van der Waals surface area contributed by atoms with Gasteiger partial charge in [-0.05, 0) is 12.0 Å².